The Morgan fingerprint density at radius 1 is 1.42 bits per heavy atom. The van der Waals surface area contributed by atoms with E-state index in [0.717, 1.165) is 12.1 Å². The van der Waals surface area contributed by atoms with Crippen molar-refractivity contribution in [3.05, 3.63) is 36.0 Å². The average molecular weight is 161 g/mol. The third-order valence-electron chi connectivity index (χ3n) is 2.12. The summed E-state index contributed by atoms with van der Waals surface area (Å²) in [6, 6.07) is 5.63. The van der Waals surface area contributed by atoms with Gasteiger partial charge >= 0.3 is 0 Å². The summed E-state index contributed by atoms with van der Waals surface area (Å²) in [4.78, 5) is 1.94. The van der Waals surface area contributed by atoms with E-state index < -0.39 is 0 Å². The molecule has 62 valence electrons. The standard InChI is InChI=1S/C10H11NO/c1-11-7-3-5-8-4-2-6-9(12)10(8)11/h2-4,6-7,12H,5H2,1H3. The number of allylic oxidation sites excluding steroid dienone is 1. The van der Waals surface area contributed by atoms with E-state index in [2.05, 4.69) is 6.08 Å². The van der Waals surface area contributed by atoms with Gasteiger partial charge in [-0.1, -0.05) is 18.2 Å². The Morgan fingerprint density at radius 2 is 2.25 bits per heavy atom. The summed E-state index contributed by atoms with van der Waals surface area (Å²) in [5, 5.41) is 9.55. The fraction of sp³-hybridized carbons (Fsp3) is 0.200. The molecule has 0 unspecified atom stereocenters. The van der Waals surface area contributed by atoms with E-state index in [-0.39, 0.29) is 0 Å². The number of aromatic hydroxyl groups is 1. The molecule has 0 amide bonds. The summed E-state index contributed by atoms with van der Waals surface area (Å²) in [5.74, 6) is 0.361. The third kappa shape index (κ3) is 0.961. The molecule has 2 rings (SSSR count). The predicted molar refractivity (Wildman–Crippen MR) is 49.4 cm³/mol. The molecular formula is C10H11NO. The van der Waals surface area contributed by atoms with Gasteiger partial charge in [0.1, 0.15) is 5.75 Å². The minimum absolute atomic E-state index is 0.361. The van der Waals surface area contributed by atoms with E-state index >= 15 is 0 Å². The second kappa shape index (κ2) is 2.55. The van der Waals surface area contributed by atoms with Gasteiger partial charge in [-0.2, -0.15) is 0 Å². The van der Waals surface area contributed by atoms with Crippen LogP contribution < -0.4 is 4.90 Å². The minimum Gasteiger partial charge on any atom is -0.506 e. The summed E-state index contributed by atoms with van der Waals surface area (Å²) < 4.78 is 0. The molecule has 1 heterocycles. The molecule has 0 fully saturated rings. The van der Waals surface area contributed by atoms with Crippen LogP contribution in [0.2, 0.25) is 0 Å². The number of hydrogen-bond acceptors (Lipinski definition) is 2. The first-order valence-corrected chi connectivity index (χ1v) is 3.99. The smallest absolute Gasteiger partial charge is 0.139 e. The Labute approximate surface area is 71.7 Å². The van der Waals surface area contributed by atoms with E-state index in [1.54, 1.807) is 6.07 Å². The SMILES string of the molecule is CN1C=CCc2cccc(O)c21. The van der Waals surface area contributed by atoms with Gasteiger partial charge in [-0.05, 0) is 18.1 Å². The first kappa shape index (κ1) is 7.22. The van der Waals surface area contributed by atoms with Crippen molar-refractivity contribution in [1.82, 2.24) is 0 Å². The number of benzene rings is 1. The van der Waals surface area contributed by atoms with E-state index in [0.29, 0.717) is 5.75 Å². The Balaban J connectivity index is 2.58. The predicted octanol–water partition coefficient (Wildman–Crippen LogP) is 1.90. The van der Waals surface area contributed by atoms with Crippen LogP contribution in [0.5, 0.6) is 5.75 Å². The van der Waals surface area contributed by atoms with E-state index in [1.165, 1.54) is 5.56 Å². The molecule has 0 bridgehead atoms. The highest BCUT2D eigenvalue weighted by atomic mass is 16.3. The van der Waals surface area contributed by atoms with Crippen molar-refractivity contribution in [2.24, 2.45) is 0 Å². The number of phenolic OH excluding ortho intramolecular Hbond substituents is 1. The van der Waals surface area contributed by atoms with Crippen LogP contribution in [0.15, 0.2) is 30.5 Å². The summed E-state index contributed by atoms with van der Waals surface area (Å²) >= 11 is 0. The number of fused-ring (bicyclic) bond motifs is 1. The van der Waals surface area contributed by atoms with Crippen molar-refractivity contribution >= 4 is 5.69 Å². The average Bonchev–Trinajstić information content (AvgIpc) is 2.04. The second-order valence-electron chi connectivity index (χ2n) is 2.98. The van der Waals surface area contributed by atoms with Gasteiger partial charge in [0.2, 0.25) is 0 Å². The van der Waals surface area contributed by atoms with Crippen LogP contribution >= 0.6 is 0 Å². The largest absolute Gasteiger partial charge is 0.506 e. The zero-order valence-electron chi connectivity index (χ0n) is 6.99. The van der Waals surface area contributed by atoms with Crippen molar-refractivity contribution in [1.29, 1.82) is 0 Å². The van der Waals surface area contributed by atoms with Crippen LogP contribution in [-0.2, 0) is 6.42 Å². The molecule has 1 aromatic carbocycles. The molecule has 0 aromatic heterocycles. The van der Waals surface area contributed by atoms with Crippen LogP contribution in [0.4, 0.5) is 5.69 Å². The molecule has 0 radical (unpaired) electrons. The topological polar surface area (TPSA) is 23.5 Å². The molecule has 1 aliphatic heterocycles. The van der Waals surface area contributed by atoms with E-state index in [1.807, 2.05) is 30.3 Å². The Bertz CT molecular complexity index is 331. The maximum atomic E-state index is 9.55. The monoisotopic (exact) mass is 161 g/mol. The van der Waals surface area contributed by atoms with Crippen molar-refractivity contribution < 1.29 is 5.11 Å². The number of rotatable bonds is 0. The van der Waals surface area contributed by atoms with Crippen molar-refractivity contribution in [2.45, 2.75) is 6.42 Å². The summed E-state index contributed by atoms with van der Waals surface area (Å²) in [6.07, 6.45) is 4.97. The molecule has 1 aliphatic rings. The molecule has 2 nitrogen and oxygen atoms in total. The normalized spacial score (nSPS) is 14.6. The van der Waals surface area contributed by atoms with E-state index in [4.69, 9.17) is 0 Å². The maximum absolute atomic E-state index is 9.55. The second-order valence-corrected chi connectivity index (χ2v) is 2.98. The van der Waals surface area contributed by atoms with Crippen LogP contribution in [0.1, 0.15) is 5.56 Å². The highest BCUT2D eigenvalue weighted by Crippen LogP contribution is 2.33. The Morgan fingerprint density at radius 3 is 3.00 bits per heavy atom. The fourth-order valence-electron chi connectivity index (χ4n) is 1.56. The van der Waals surface area contributed by atoms with Gasteiger partial charge in [0.25, 0.3) is 0 Å². The highest BCUT2D eigenvalue weighted by molar-refractivity contribution is 5.66. The molecular weight excluding hydrogens is 150 g/mol. The lowest BCUT2D eigenvalue weighted by molar-refractivity contribution is 0.475. The molecule has 2 heteroatoms. The number of anilines is 1. The highest BCUT2D eigenvalue weighted by Gasteiger charge is 2.12. The van der Waals surface area contributed by atoms with Crippen LogP contribution in [0.25, 0.3) is 0 Å². The van der Waals surface area contributed by atoms with Crippen LogP contribution in [-0.4, -0.2) is 12.2 Å². The van der Waals surface area contributed by atoms with Crippen molar-refractivity contribution in [2.75, 3.05) is 11.9 Å². The van der Waals surface area contributed by atoms with E-state index in [9.17, 15) is 5.11 Å². The van der Waals surface area contributed by atoms with Gasteiger partial charge < -0.3 is 10.0 Å². The Hall–Kier alpha value is -1.44. The van der Waals surface area contributed by atoms with Crippen molar-refractivity contribution in [3.63, 3.8) is 0 Å². The van der Waals surface area contributed by atoms with Gasteiger partial charge in [0.15, 0.2) is 0 Å². The quantitative estimate of drug-likeness (QED) is 0.628. The molecule has 1 aromatic rings. The molecule has 0 saturated carbocycles. The minimum atomic E-state index is 0.361. The summed E-state index contributed by atoms with van der Waals surface area (Å²) in [7, 11) is 1.94. The molecule has 0 saturated heterocycles. The Kier molecular flexibility index (Phi) is 1.54. The first-order chi connectivity index (χ1) is 5.79. The number of nitrogens with zero attached hydrogens (tertiary/aromatic N) is 1. The molecule has 0 aliphatic carbocycles. The van der Waals surface area contributed by atoms with Gasteiger partial charge in [0.05, 0.1) is 5.69 Å². The molecule has 12 heavy (non-hydrogen) atoms. The van der Waals surface area contributed by atoms with Gasteiger partial charge in [-0.3, -0.25) is 0 Å². The lowest BCUT2D eigenvalue weighted by atomic mass is 10.1. The molecule has 0 spiro atoms. The zero-order chi connectivity index (χ0) is 8.55. The van der Waals surface area contributed by atoms with Crippen LogP contribution in [0, 0.1) is 0 Å². The number of phenols is 1. The van der Waals surface area contributed by atoms with Crippen LogP contribution in [0.3, 0.4) is 0 Å². The maximum Gasteiger partial charge on any atom is 0.139 e. The van der Waals surface area contributed by atoms with Crippen molar-refractivity contribution in [3.8, 4) is 5.75 Å². The third-order valence-corrected chi connectivity index (χ3v) is 2.12. The van der Waals surface area contributed by atoms with Gasteiger partial charge in [-0.25, -0.2) is 0 Å². The van der Waals surface area contributed by atoms with Gasteiger partial charge in [-0.15, -0.1) is 0 Å². The zero-order valence-corrected chi connectivity index (χ0v) is 6.99. The lowest BCUT2D eigenvalue weighted by Crippen LogP contribution is -2.13. The van der Waals surface area contributed by atoms with Gasteiger partial charge in [0, 0.05) is 13.2 Å². The first-order valence-electron chi connectivity index (χ1n) is 3.99. The number of hydrogen-bond donors (Lipinski definition) is 1. The summed E-state index contributed by atoms with van der Waals surface area (Å²) in [6.45, 7) is 0. The number of para-hydroxylation sites is 1. The fourth-order valence-corrected chi connectivity index (χ4v) is 1.56. The summed E-state index contributed by atoms with van der Waals surface area (Å²) in [5.41, 5.74) is 2.11. The molecule has 1 N–H and O–H groups in total. The molecule has 0 atom stereocenters. The lowest BCUT2D eigenvalue weighted by Gasteiger charge is -2.22.